The summed E-state index contributed by atoms with van der Waals surface area (Å²) in [4.78, 5) is 7.29. The van der Waals surface area contributed by atoms with E-state index in [-0.39, 0.29) is 18.3 Å². The van der Waals surface area contributed by atoms with Crippen molar-refractivity contribution < 1.29 is 18.3 Å². The summed E-state index contributed by atoms with van der Waals surface area (Å²) in [6.07, 6.45) is 3.86. The minimum absolute atomic E-state index is 0.00550. The van der Waals surface area contributed by atoms with Gasteiger partial charge in [-0.2, -0.15) is 0 Å². The molecule has 21 heavy (non-hydrogen) atoms. The highest BCUT2D eigenvalue weighted by atomic mass is 19.1. The van der Waals surface area contributed by atoms with Crippen LogP contribution in [0.4, 0.5) is 13.2 Å². The lowest BCUT2D eigenvalue weighted by molar-refractivity contribution is 0.00206. The molecule has 0 aliphatic rings. The van der Waals surface area contributed by atoms with Gasteiger partial charge in [0.1, 0.15) is 24.3 Å². The smallest absolute Gasteiger partial charge is 0.132 e. The zero-order chi connectivity index (χ0) is 15.9. The number of rotatable bonds is 6. The molecule has 0 aliphatic heterocycles. The van der Waals surface area contributed by atoms with Crippen LogP contribution in [0.2, 0.25) is 0 Å². The molecule has 1 N–H and O–H groups in total. The first-order valence-corrected chi connectivity index (χ1v) is 6.43. The Kier molecular flexibility index (Phi) is 6.30. The van der Waals surface area contributed by atoms with E-state index < -0.39 is 23.2 Å². The highest BCUT2D eigenvalue weighted by molar-refractivity contribution is 5.74. The van der Waals surface area contributed by atoms with Crippen molar-refractivity contribution in [1.29, 1.82) is 0 Å². The predicted molar refractivity (Wildman–Crippen MR) is 76.9 cm³/mol. The maximum absolute atomic E-state index is 13.9. The van der Waals surface area contributed by atoms with E-state index in [9.17, 15) is 18.3 Å². The third-order valence-electron chi connectivity index (χ3n) is 3.28. The quantitative estimate of drug-likeness (QED) is 0.631. The highest BCUT2D eigenvalue weighted by Crippen LogP contribution is 2.34. The van der Waals surface area contributed by atoms with Crippen LogP contribution in [-0.2, 0) is 5.60 Å². The Morgan fingerprint density at radius 2 is 2.05 bits per heavy atom. The van der Waals surface area contributed by atoms with Crippen LogP contribution in [0, 0.1) is 17.6 Å². The van der Waals surface area contributed by atoms with Crippen LogP contribution in [-0.4, -0.2) is 17.7 Å². The molecule has 0 bridgehead atoms. The minimum Gasteiger partial charge on any atom is -0.384 e. The van der Waals surface area contributed by atoms with Crippen molar-refractivity contribution in [1.82, 2.24) is 0 Å². The van der Waals surface area contributed by atoms with Crippen LogP contribution >= 0.6 is 0 Å². The topological polar surface area (TPSA) is 45.0 Å². The van der Waals surface area contributed by atoms with Crippen molar-refractivity contribution in [3.8, 4) is 0 Å². The van der Waals surface area contributed by atoms with Crippen molar-refractivity contribution in [2.75, 3.05) is 0 Å². The first-order valence-electron chi connectivity index (χ1n) is 6.43. The molecule has 0 aromatic heterocycles. The maximum atomic E-state index is 13.9. The van der Waals surface area contributed by atoms with Crippen LogP contribution < -0.4 is 0 Å². The summed E-state index contributed by atoms with van der Waals surface area (Å²) in [6.45, 7) is 3.34. The van der Waals surface area contributed by atoms with Crippen molar-refractivity contribution in [3.05, 3.63) is 47.9 Å². The van der Waals surface area contributed by atoms with Gasteiger partial charge in [0.15, 0.2) is 0 Å². The van der Waals surface area contributed by atoms with Gasteiger partial charge in [0.2, 0.25) is 0 Å². The van der Waals surface area contributed by atoms with Gasteiger partial charge in [-0.05, 0) is 12.5 Å². The van der Waals surface area contributed by atoms with Crippen molar-refractivity contribution >= 4 is 12.6 Å². The molecule has 114 valence electrons. The van der Waals surface area contributed by atoms with Gasteiger partial charge >= 0.3 is 0 Å². The Labute approximate surface area is 121 Å². The average Bonchev–Trinajstić information content (AvgIpc) is 2.46. The van der Waals surface area contributed by atoms with Crippen molar-refractivity contribution in [3.63, 3.8) is 0 Å². The number of halogens is 3. The number of hydrogen-bond acceptors (Lipinski definition) is 2. The molecule has 0 aliphatic carbocycles. The Morgan fingerprint density at radius 1 is 1.33 bits per heavy atom. The molecule has 0 radical (unpaired) electrons. The number of nitrogens with zero attached hydrogens (tertiary/aromatic N) is 2. The SMILES string of the molecule is CC[C@](O)(c1ccc(F)cc1F)C(C)C=NC=N/C=C/F. The van der Waals surface area contributed by atoms with E-state index in [2.05, 4.69) is 9.98 Å². The minimum atomic E-state index is -1.52. The fourth-order valence-electron chi connectivity index (χ4n) is 2.00. The van der Waals surface area contributed by atoms with Crippen LogP contribution in [0.1, 0.15) is 25.8 Å². The molecule has 1 aromatic rings. The van der Waals surface area contributed by atoms with Gasteiger partial charge in [-0.1, -0.05) is 19.9 Å². The molecule has 0 spiro atoms. The summed E-state index contributed by atoms with van der Waals surface area (Å²) in [5, 5.41) is 10.7. The molecule has 6 heteroatoms. The largest absolute Gasteiger partial charge is 0.384 e. The second-order valence-corrected chi connectivity index (χ2v) is 4.53. The van der Waals surface area contributed by atoms with Crippen LogP contribution in [0.15, 0.2) is 40.7 Å². The van der Waals surface area contributed by atoms with Crippen molar-refractivity contribution in [2.45, 2.75) is 25.9 Å². The van der Waals surface area contributed by atoms with E-state index in [1.165, 1.54) is 12.3 Å². The Morgan fingerprint density at radius 3 is 2.62 bits per heavy atom. The van der Waals surface area contributed by atoms with Crippen molar-refractivity contribution in [2.24, 2.45) is 15.9 Å². The lowest BCUT2D eigenvalue weighted by atomic mass is 9.80. The number of hydrogen-bond donors (Lipinski definition) is 1. The third-order valence-corrected chi connectivity index (χ3v) is 3.28. The van der Waals surface area contributed by atoms with Gasteiger partial charge in [-0.15, -0.1) is 0 Å². The Hall–Kier alpha value is -1.95. The second kappa shape index (κ2) is 7.73. The number of aliphatic hydroxyl groups is 1. The van der Waals surface area contributed by atoms with E-state index in [1.54, 1.807) is 13.8 Å². The lowest BCUT2D eigenvalue weighted by Gasteiger charge is -2.31. The second-order valence-electron chi connectivity index (χ2n) is 4.53. The molecular formula is C15H17F3N2O. The number of aliphatic imine (C=N–C) groups is 2. The van der Waals surface area contributed by atoms with Crippen LogP contribution in [0.25, 0.3) is 0 Å². The summed E-state index contributed by atoms with van der Waals surface area (Å²) in [5.74, 6) is -2.07. The zero-order valence-corrected chi connectivity index (χ0v) is 11.8. The van der Waals surface area contributed by atoms with E-state index in [4.69, 9.17) is 0 Å². The highest BCUT2D eigenvalue weighted by Gasteiger charge is 2.35. The first-order chi connectivity index (χ1) is 9.95. The first kappa shape index (κ1) is 17.1. The molecule has 0 saturated carbocycles. The average molecular weight is 298 g/mol. The standard InChI is InChI=1S/C15H17F3N2O/c1-3-15(21,11(2)9-20-10-19-7-6-16)13-5-4-12(17)8-14(13)18/h4-11,21H,3H2,1-2H3/b7-6+,19-10?,20-9?/t11?,15-/m1/s1. The molecule has 2 atom stereocenters. The maximum Gasteiger partial charge on any atom is 0.132 e. The van der Waals surface area contributed by atoms with Gasteiger partial charge in [0.05, 0.1) is 11.8 Å². The molecule has 1 rings (SSSR count). The summed E-state index contributed by atoms with van der Waals surface area (Å²) in [7, 11) is 0. The van der Waals surface area contributed by atoms with Gasteiger partial charge < -0.3 is 5.11 Å². The predicted octanol–water partition coefficient (Wildman–Crippen LogP) is 3.74. The molecule has 0 saturated heterocycles. The Balaban J connectivity index is 3.02. The fourth-order valence-corrected chi connectivity index (χ4v) is 2.00. The lowest BCUT2D eigenvalue weighted by Crippen LogP contribution is -2.35. The normalized spacial score (nSPS) is 16.9. The Bertz CT molecular complexity index is 558. The van der Waals surface area contributed by atoms with Gasteiger partial charge in [0, 0.05) is 23.8 Å². The zero-order valence-electron chi connectivity index (χ0n) is 11.8. The molecule has 1 unspecified atom stereocenters. The van der Waals surface area contributed by atoms with E-state index in [1.807, 2.05) is 0 Å². The van der Waals surface area contributed by atoms with Gasteiger partial charge in [0.25, 0.3) is 0 Å². The summed E-state index contributed by atoms with van der Waals surface area (Å²) in [6, 6.07) is 3.04. The molecule has 0 heterocycles. The van der Waals surface area contributed by atoms with Gasteiger partial charge in [-0.3, -0.25) is 0 Å². The monoisotopic (exact) mass is 298 g/mol. The van der Waals surface area contributed by atoms with E-state index in [0.717, 1.165) is 24.7 Å². The van der Waals surface area contributed by atoms with Crippen LogP contribution in [0.5, 0.6) is 0 Å². The summed E-state index contributed by atoms with van der Waals surface area (Å²) in [5.41, 5.74) is -1.52. The molecule has 0 fully saturated rings. The van der Waals surface area contributed by atoms with E-state index >= 15 is 0 Å². The third kappa shape index (κ3) is 4.26. The number of benzene rings is 1. The molecular weight excluding hydrogens is 281 g/mol. The van der Waals surface area contributed by atoms with Gasteiger partial charge in [-0.25, -0.2) is 23.2 Å². The molecule has 3 nitrogen and oxygen atoms in total. The molecule has 0 amide bonds. The summed E-state index contributed by atoms with van der Waals surface area (Å²) >= 11 is 0. The summed E-state index contributed by atoms with van der Waals surface area (Å²) < 4.78 is 38.5. The van der Waals surface area contributed by atoms with E-state index in [0.29, 0.717) is 0 Å². The fraction of sp³-hybridized carbons (Fsp3) is 0.333. The van der Waals surface area contributed by atoms with Crippen LogP contribution in [0.3, 0.4) is 0 Å². The molecule has 1 aromatic carbocycles.